The van der Waals surface area contributed by atoms with Crippen molar-refractivity contribution in [3.05, 3.63) is 34.9 Å². The van der Waals surface area contributed by atoms with Gasteiger partial charge in [-0.3, -0.25) is 0 Å². The Hall–Kier alpha value is -1.52. The highest BCUT2D eigenvalue weighted by molar-refractivity contribution is 6.32. The summed E-state index contributed by atoms with van der Waals surface area (Å²) in [6.07, 6.45) is 3.52. The van der Waals surface area contributed by atoms with Gasteiger partial charge in [-0.05, 0) is 18.6 Å². The zero-order valence-electron chi connectivity index (χ0n) is 10.3. The number of carbonyl (C=O) groups is 1. The van der Waals surface area contributed by atoms with E-state index in [9.17, 15) is 4.79 Å². The molecule has 0 aliphatic carbocycles. The number of ether oxygens (including phenoxy) is 2. The zero-order chi connectivity index (χ0) is 13.7. The second-order valence-electron chi connectivity index (χ2n) is 4.37. The fourth-order valence-electron chi connectivity index (χ4n) is 1.89. The molecule has 19 heavy (non-hydrogen) atoms. The predicted molar refractivity (Wildman–Crippen MR) is 72.5 cm³/mol. The van der Waals surface area contributed by atoms with E-state index in [1.54, 1.807) is 18.2 Å². The molecule has 1 aliphatic rings. The van der Waals surface area contributed by atoms with Crippen LogP contribution in [-0.4, -0.2) is 30.9 Å². The van der Waals surface area contributed by atoms with Crippen molar-refractivity contribution in [2.75, 3.05) is 19.8 Å². The number of carboxylic acid groups (broad SMARTS) is 1. The fourth-order valence-corrected chi connectivity index (χ4v) is 2.12. The molecule has 1 saturated heterocycles. The highest BCUT2D eigenvalue weighted by Crippen LogP contribution is 2.30. The van der Waals surface area contributed by atoms with Crippen molar-refractivity contribution < 1.29 is 19.4 Å². The number of halogens is 1. The van der Waals surface area contributed by atoms with Crippen LogP contribution in [0.15, 0.2) is 24.3 Å². The van der Waals surface area contributed by atoms with Gasteiger partial charge >= 0.3 is 5.97 Å². The smallest absolute Gasteiger partial charge is 0.328 e. The van der Waals surface area contributed by atoms with Crippen molar-refractivity contribution in [3.8, 4) is 5.75 Å². The van der Waals surface area contributed by atoms with E-state index in [0.717, 1.165) is 19.1 Å². The summed E-state index contributed by atoms with van der Waals surface area (Å²) in [5.74, 6) is -0.115. The Labute approximate surface area is 116 Å². The topological polar surface area (TPSA) is 55.8 Å². The number of rotatable bonds is 5. The van der Waals surface area contributed by atoms with E-state index in [-0.39, 0.29) is 0 Å². The number of aliphatic carboxylic acids is 1. The van der Waals surface area contributed by atoms with E-state index in [1.165, 1.54) is 6.08 Å². The molecule has 1 aliphatic heterocycles. The molecule has 1 fully saturated rings. The van der Waals surface area contributed by atoms with E-state index in [2.05, 4.69) is 0 Å². The summed E-state index contributed by atoms with van der Waals surface area (Å²) in [6.45, 7) is 1.99. The molecule has 0 bridgehead atoms. The fraction of sp³-hybridized carbons (Fsp3) is 0.357. The van der Waals surface area contributed by atoms with Crippen LogP contribution in [0.2, 0.25) is 5.02 Å². The Bertz CT molecular complexity index is 478. The maximum atomic E-state index is 10.6. The number of para-hydroxylation sites is 1. The summed E-state index contributed by atoms with van der Waals surface area (Å²) in [7, 11) is 0. The van der Waals surface area contributed by atoms with Crippen LogP contribution < -0.4 is 4.74 Å². The molecule has 1 N–H and O–H groups in total. The molecule has 5 heteroatoms. The third-order valence-corrected chi connectivity index (χ3v) is 3.19. The summed E-state index contributed by atoms with van der Waals surface area (Å²) in [5.41, 5.74) is 0.661. The van der Waals surface area contributed by atoms with Crippen LogP contribution in [0.4, 0.5) is 0 Å². The van der Waals surface area contributed by atoms with Crippen LogP contribution in [0.1, 0.15) is 12.0 Å². The van der Waals surface area contributed by atoms with Gasteiger partial charge in [0, 0.05) is 24.2 Å². The molecule has 102 valence electrons. The lowest BCUT2D eigenvalue weighted by Crippen LogP contribution is -2.12. The molecular weight excluding hydrogens is 268 g/mol. The van der Waals surface area contributed by atoms with Gasteiger partial charge < -0.3 is 14.6 Å². The van der Waals surface area contributed by atoms with Crippen molar-refractivity contribution in [2.45, 2.75) is 6.42 Å². The third kappa shape index (κ3) is 3.98. The monoisotopic (exact) mass is 282 g/mol. The molecule has 1 heterocycles. The minimum Gasteiger partial charge on any atom is -0.491 e. The summed E-state index contributed by atoms with van der Waals surface area (Å²) in [6, 6.07) is 5.25. The maximum Gasteiger partial charge on any atom is 0.328 e. The van der Waals surface area contributed by atoms with Crippen LogP contribution in [0, 0.1) is 5.92 Å². The number of hydrogen-bond donors (Lipinski definition) is 1. The predicted octanol–water partition coefficient (Wildman–Crippen LogP) is 2.85. The standard InChI is InChI=1S/C14H15ClO4/c15-12-3-1-2-11(4-5-13(16)17)14(12)19-9-10-6-7-18-8-10/h1-5,10H,6-9H2,(H,16,17)/b5-4+. The van der Waals surface area contributed by atoms with E-state index in [4.69, 9.17) is 26.2 Å². The number of carboxylic acids is 1. The van der Waals surface area contributed by atoms with Gasteiger partial charge in [0.2, 0.25) is 0 Å². The lowest BCUT2D eigenvalue weighted by Gasteiger charge is -2.13. The maximum absolute atomic E-state index is 10.6. The summed E-state index contributed by atoms with van der Waals surface area (Å²) in [4.78, 5) is 10.6. The van der Waals surface area contributed by atoms with E-state index < -0.39 is 5.97 Å². The van der Waals surface area contributed by atoms with Crippen LogP contribution in [0.5, 0.6) is 5.75 Å². The first-order chi connectivity index (χ1) is 9.16. The van der Waals surface area contributed by atoms with Crippen LogP contribution in [0.25, 0.3) is 6.08 Å². The van der Waals surface area contributed by atoms with Crippen molar-refractivity contribution in [1.29, 1.82) is 0 Å². The highest BCUT2D eigenvalue weighted by Gasteiger charge is 2.17. The summed E-state index contributed by atoms with van der Waals surface area (Å²) < 4.78 is 11.0. The minimum atomic E-state index is -1.00. The molecule has 0 spiro atoms. The Kier molecular flexibility index (Phi) is 4.82. The molecular formula is C14H15ClO4. The largest absolute Gasteiger partial charge is 0.491 e. The highest BCUT2D eigenvalue weighted by atomic mass is 35.5. The lowest BCUT2D eigenvalue weighted by molar-refractivity contribution is -0.131. The summed E-state index contributed by atoms with van der Waals surface area (Å²) in [5, 5.41) is 9.14. The Morgan fingerprint density at radius 1 is 1.58 bits per heavy atom. The van der Waals surface area contributed by atoms with Crippen LogP contribution >= 0.6 is 11.6 Å². The Morgan fingerprint density at radius 3 is 3.11 bits per heavy atom. The van der Waals surface area contributed by atoms with Crippen LogP contribution in [-0.2, 0) is 9.53 Å². The number of benzene rings is 1. The molecule has 4 nitrogen and oxygen atoms in total. The van der Waals surface area contributed by atoms with Gasteiger partial charge in [0.1, 0.15) is 5.75 Å². The van der Waals surface area contributed by atoms with Crippen LogP contribution in [0.3, 0.4) is 0 Å². The second kappa shape index (κ2) is 6.59. The SMILES string of the molecule is O=C(O)/C=C/c1cccc(Cl)c1OCC1CCOC1. The first-order valence-electron chi connectivity index (χ1n) is 6.07. The average molecular weight is 283 g/mol. The van der Waals surface area contributed by atoms with Crippen molar-refractivity contribution in [3.63, 3.8) is 0 Å². The van der Waals surface area contributed by atoms with Gasteiger partial charge in [-0.1, -0.05) is 23.7 Å². The first kappa shape index (κ1) is 13.9. The average Bonchev–Trinajstić information content (AvgIpc) is 2.88. The molecule has 2 rings (SSSR count). The summed E-state index contributed by atoms with van der Waals surface area (Å²) >= 11 is 6.09. The molecule has 1 atom stereocenters. The molecule has 0 amide bonds. The second-order valence-corrected chi connectivity index (χ2v) is 4.78. The molecule has 0 aromatic heterocycles. The molecule has 1 aromatic rings. The van der Waals surface area contributed by atoms with Crippen molar-refractivity contribution in [2.24, 2.45) is 5.92 Å². The third-order valence-electron chi connectivity index (χ3n) is 2.89. The normalized spacial score (nSPS) is 18.9. The quantitative estimate of drug-likeness (QED) is 0.844. The van der Waals surface area contributed by atoms with Gasteiger partial charge in [-0.25, -0.2) is 4.79 Å². The molecule has 0 saturated carbocycles. The molecule has 1 unspecified atom stereocenters. The first-order valence-corrected chi connectivity index (χ1v) is 6.44. The van der Waals surface area contributed by atoms with Gasteiger partial charge in [0.25, 0.3) is 0 Å². The van der Waals surface area contributed by atoms with Crippen molar-refractivity contribution >= 4 is 23.6 Å². The van der Waals surface area contributed by atoms with E-state index in [1.807, 2.05) is 0 Å². The Morgan fingerprint density at radius 2 is 2.42 bits per heavy atom. The number of hydrogen-bond acceptors (Lipinski definition) is 3. The van der Waals surface area contributed by atoms with Gasteiger partial charge in [0.05, 0.1) is 18.2 Å². The van der Waals surface area contributed by atoms with E-state index >= 15 is 0 Å². The van der Waals surface area contributed by atoms with Gasteiger partial charge in [-0.15, -0.1) is 0 Å². The Balaban J connectivity index is 2.10. The minimum absolute atomic E-state index is 0.368. The van der Waals surface area contributed by atoms with Crippen molar-refractivity contribution in [1.82, 2.24) is 0 Å². The lowest BCUT2D eigenvalue weighted by atomic mass is 10.1. The molecule has 0 radical (unpaired) electrons. The molecule has 1 aromatic carbocycles. The van der Waals surface area contributed by atoms with Gasteiger partial charge in [0.15, 0.2) is 0 Å². The van der Waals surface area contributed by atoms with Gasteiger partial charge in [-0.2, -0.15) is 0 Å². The van der Waals surface area contributed by atoms with E-state index in [0.29, 0.717) is 35.5 Å². The zero-order valence-corrected chi connectivity index (χ0v) is 11.1.